The summed E-state index contributed by atoms with van der Waals surface area (Å²) in [4.78, 5) is 10.6. The first kappa shape index (κ1) is 10.1. The number of hydrogen-bond acceptors (Lipinski definition) is 2. The molecule has 0 spiro atoms. The van der Waals surface area contributed by atoms with Crippen molar-refractivity contribution in [2.24, 2.45) is 0 Å². The predicted octanol–water partition coefficient (Wildman–Crippen LogP) is 2.70. The average Bonchev–Trinajstić information content (AvgIpc) is 2.03. The van der Waals surface area contributed by atoms with Crippen LogP contribution in [0.3, 0.4) is 0 Å². The van der Waals surface area contributed by atoms with Crippen molar-refractivity contribution in [3.8, 4) is 5.75 Å². The standard InChI is InChI=1S/C10H11ClO2/c1-8(12)5-6-13-10-4-2-3-9(11)7-10/h2-4,7H,5-6H2,1H3. The number of hydrogen-bond donors (Lipinski definition) is 0. The highest BCUT2D eigenvalue weighted by atomic mass is 35.5. The third kappa shape index (κ3) is 3.95. The van der Waals surface area contributed by atoms with E-state index in [0.717, 1.165) is 0 Å². The first-order valence-electron chi connectivity index (χ1n) is 4.06. The van der Waals surface area contributed by atoms with Crippen molar-refractivity contribution in [1.29, 1.82) is 0 Å². The number of Topliss-reactive ketones (excluding diaryl/α,β-unsaturated/α-hetero) is 1. The van der Waals surface area contributed by atoms with Crippen molar-refractivity contribution >= 4 is 17.4 Å². The zero-order chi connectivity index (χ0) is 9.68. The van der Waals surface area contributed by atoms with Gasteiger partial charge in [0.25, 0.3) is 0 Å². The molecule has 2 nitrogen and oxygen atoms in total. The Morgan fingerprint density at radius 1 is 1.54 bits per heavy atom. The summed E-state index contributed by atoms with van der Waals surface area (Å²) < 4.78 is 5.29. The predicted molar refractivity (Wildman–Crippen MR) is 52.2 cm³/mol. The van der Waals surface area contributed by atoms with E-state index in [1.165, 1.54) is 0 Å². The molecule has 0 aliphatic heterocycles. The highest BCUT2D eigenvalue weighted by molar-refractivity contribution is 6.30. The van der Waals surface area contributed by atoms with Crippen LogP contribution in [-0.2, 0) is 4.79 Å². The van der Waals surface area contributed by atoms with Gasteiger partial charge in [0, 0.05) is 11.4 Å². The van der Waals surface area contributed by atoms with Crippen LogP contribution in [0.1, 0.15) is 13.3 Å². The number of ether oxygens (including phenoxy) is 1. The van der Waals surface area contributed by atoms with Crippen molar-refractivity contribution in [3.63, 3.8) is 0 Å². The topological polar surface area (TPSA) is 26.3 Å². The summed E-state index contributed by atoms with van der Waals surface area (Å²) in [5.41, 5.74) is 0. The summed E-state index contributed by atoms with van der Waals surface area (Å²) in [6.07, 6.45) is 0.437. The number of carbonyl (C=O) groups excluding carboxylic acids is 1. The minimum Gasteiger partial charge on any atom is -0.493 e. The molecule has 0 N–H and O–H groups in total. The molecule has 13 heavy (non-hydrogen) atoms. The molecule has 70 valence electrons. The lowest BCUT2D eigenvalue weighted by atomic mass is 10.3. The van der Waals surface area contributed by atoms with E-state index < -0.39 is 0 Å². The minimum atomic E-state index is 0.127. The van der Waals surface area contributed by atoms with Crippen LogP contribution in [0.5, 0.6) is 5.75 Å². The Labute approximate surface area is 82.5 Å². The smallest absolute Gasteiger partial charge is 0.133 e. The molecule has 1 aromatic rings. The molecule has 1 rings (SSSR count). The molecular formula is C10H11ClO2. The summed E-state index contributed by atoms with van der Waals surface area (Å²) >= 11 is 5.74. The number of carbonyl (C=O) groups is 1. The lowest BCUT2D eigenvalue weighted by Gasteiger charge is -2.04. The number of ketones is 1. The van der Waals surface area contributed by atoms with Gasteiger partial charge in [-0.25, -0.2) is 0 Å². The Bertz CT molecular complexity index is 297. The van der Waals surface area contributed by atoms with Crippen molar-refractivity contribution in [1.82, 2.24) is 0 Å². The fraction of sp³-hybridized carbons (Fsp3) is 0.300. The molecule has 0 saturated carbocycles. The van der Waals surface area contributed by atoms with Gasteiger partial charge < -0.3 is 4.74 Å². The van der Waals surface area contributed by atoms with Gasteiger partial charge in [-0.1, -0.05) is 17.7 Å². The first-order valence-corrected chi connectivity index (χ1v) is 4.44. The van der Waals surface area contributed by atoms with E-state index >= 15 is 0 Å². The van der Waals surface area contributed by atoms with Crippen molar-refractivity contribution < 1.29 is 9.53 Å². The molecule has 0 atom stereocenters. The van der Waals surface area contributed by atoms with Crippen LogP contribution in [0, 0.1) is 0 Å². The fourth-order valence-corrected chi connectivity index (χ4v) is 1.05. The molecule has 0 aliphatic carbocycles. The molecule has 0 aromatic heterocycles. The largest absolute Gasteiger partial charge is 0.493 e. The van der Waals surface area contributed by atoms with E-state index in [2.05, 4.69) is 0 Å². The quantitative estimate of drug-likeness (QED) is 0.744. The maximum atomic E-state index is 10.6. The Morgan fingerprint density at radius 2 is 2.31 bits per heavy atom. The summed E-state index contributed by atoms with van der Waals surface area (Å²) in [6.45, 7) is 1.96. The number of halogens is 1. The van der Waals surface area contributed by atoms with E-state index in [0.29, 0.717) is 23.8 Å². The van der Waals surface area contributed by atoms with E-state index in [4.69, 9.17) is 16.3 Å². The van der Waals surface area contributed by atoms with Gasteiger partial charge in [-0.2, -0.15) is 0 Å². The van der Waals surface area contributed by atoms with E-state index in [1.54, 1.807) is 19.1 Å². The van der Waals surface area contributed by atoms with Crippen LogP contribution < -0.4 is 4.74 Å². The van der Waals surface area contributed by atoms with Crippen LogP contribution in [0.4, 0.5) is 0 Å². The lowest BCUT2D eigenvalue weighted by molar-refractivity contribution is -0.117. The third-order valence-corrected chi connectivity index (χ3v) is 1.75. The molecular weight excluding hydrogens is 188 g/mol. The second kappa shape index (κ2) is 4.87. The summed E-state index contributed by atoms with van der Waals surface area (Å²) in [6, 6.07) is 7.12. The monoisotopic (exact) mass is 198 g/mol. The molecule has 0 bridgehead atoms. The summed E-state index contributed by atoms with van der Waals surface area (Å²) in [5, 5.41) is 0.639. The minimum absolute atomic E-state index is 0.127. The van der Waals surface area contributed by atoms with Gasteiger partial charge in [0.1, 0.15) is 11.5 Å². The highest BCUT2D eigenvalue weighted by Crippen LogP contribution is 2.16. The van der Waals surface area contributed by atoms with Crippen LogP contribution in [-0.4, -0.2) is 12.4 Å². The molecule has 3 heteroatoms. The van der Waals surface area contributed by atoms with E-state index in [9.17, 15) is 4.79 Å². The molecule has 0 unspecified atom stereocenters. The highest BCUT2D eigenvalue weighted by Gasteiger charge is 1.96. The molecule has 1 aromatic carbocycles. The van der Waals surface area contributed by atoms with Crippen LogP contribution in [0.15, 0.2) is 24.3 Å². The zero-order valence-corrected chi connectivity index (χ0v) is 8.17. The van der Waals surface area contributed by atoms with Gasteiger partial charge in [-0.05, 0) is 25.1 Å². The molecule has 0 radical (unpaired) electrons. The fourth-order valence-electron chi connectivity index (χ4n) is 0.869. The van der Waals surface area contributed by atoms with Crippen molar-refractivity contribution in [3.05, 3.63) is 29.3 Å². The SMILES string of the molecule is CC(=O)CCOc1cccc(Cl)c1. The first-order chi connectivity index (χ1) is 6.18. The molecule has 0 amide bonds. The van der Waals surface area contributed by atoms with Crippen molar-refractivity contribution in [2.75, 3.05) is 6.61 Å². The molecule has 0 fully saturated rings. The van der Waals surface area contributed by atoms with Crippen molar-refractivity contribution in [2.45, 2.75) is 13.3 Å². The van der Waals surface area contributed by atoms with Gasteiger partial charge in [-0.15, -0.1) is 0 Å². The number of rotatable bonds is 4. The lowest BCUT2D eigenvalue weighted by Crippen LogP contribution is -2.02. The Morgan fingerprint density at radius 3 is 2.92 bits per heavy atom. The van der Waals surface area contributed by atoms with Gasteiger partial charge in [0.2, 0.25) is 0 Å². The third-order valence-electron chi connectivity index (χ3n) is 1.52. The van der Waals surface area contributed by atoms with E-state index in [-0.39, 0.29) is 5.78 Å². The zero-order valence-electron chi connectivity index (χ0n) is 7.42. The van der Waals surface area contributed by atoms with Crippen LogP contribution in [0.2, 0.25) is 5.02 Å². The Hall–Kier alpha value is -1.02. The van der Waals surface area contributed by atoms with Crippen LogP contribution >= 0.6 is 11.6 Å². The summed E-state index contributed by atoms with van der Waals surface area (Å²) in [5.74, 6) is 0.829. The Kier molecular flexibility index (Phi) is 3.77. The maximum Gasteiger partial charge on any atom is 0.133 e. The molecule has 0 saturated heterocycles. The van der Waals surface area contributed by atoms with Gasteiger partial charge >= 0.3 is 0 Å². The Balaban J connectivity index is 2.41. The van der Waals surface area contributed by atoms with E-state index in [1.807, 2.05) is 12.1 Å². The normalized spacial score (nSPS) is 9.69. The molecule has 0 aliphatic rings. The molecule has 0 heterocycles. The maximum absolute atomic E-state index is 10.6. The van der Waals surface area contributed by atoms with Crippen LogP contribution in [0.25, 0.3) is 0 Å². The average molecular weight is 199 g/mol. The second-order valence-corrected chi connectivity index (χ2v) is 3.19. The number of benzene rings is 1. The summed E-state index contributed by atoms with van der Waals surface area (Å²) in [7, 11) is 0. The van der Waals surface area contributed by atoms with Gasteiger partial charge in [-0.3, -0.25) is 4.79 Å². The van der Waals surface area contributed by atoms with Gasteiger partial charge in [0.15, 0.2) is 0 Å². The van der Waals surface area contributed by atoms with Gasteiger partial charge in [0.05, 0.1) is 6.61 Å². The second-order valence-electron chi connectivity index (χ2n) is 2.76.